The number of benzene rings is 2. The topological polar surface area (TPSA) is 48.7 Å². The molecule has 0 aliphatic carbocycles. The zero-order chi connectivity index (χ0) is 17.3. The summed E-state index contributed by atoms with van der Waals surface area (Å²) in [6.45, 7) is 4.22. The van der Waals surface area contributed by atoms with Gasteiger partial charge in [0.2, 0.25) is 0 Å². The summed E-state index contributed by atoms with van der Waals surface area (Å²) in [5.74, 6) is 1.57. The van der Waals surface area contributed by atoms with Crippen LogP contribution >= 0.6 is 0 Å². The van der Waals surface area contributed by atoms with Gasteiger partial charge in [-0.1, -0.05) is 26.0 Å². The fraction of sp³-hybridized carbons (Fsp3) is 0.250. The Morgan fingerprint density at radius 1 is 0.958 bits per heavy atom. The molecule has 4 nitrogen and oxygen atoms in total. The molecule has 0 radical (unpaired) electrons. The van der Waals surface area contributed by atoms with E-state index in [-0.39, 0.29) is 5.43 Å². The highest BCUT2D eigenvalue weighted by Crippen LogP contribution is 2.32. The van der Waals surface area contributed by atoms with Crippen molar-refractivity contribution in [2.24, 2.45) is 0 Å². The molecule has 1 aromatic heterocycles. The molecule has 4 heteroatoms. The second-order valence-electron chi connectivity index (χ2n) is 5.96. The Hall–Kier alpha value is -2.75. The Bertz CT molecular complexity index is 938. The van der Waals surface area contributed by atoms with Gasteiger partial charge in [-0.3, -0.25) is 4.79 Å². The van der Waals surface area contributed by atoms with Gasteiger partial charge in [-0.05, 0) is 41.3 Å². The van der Waals surface area contributed by atoms with E-state index in [0.717, 1.165) is 11.1 Å². The first kappa shape index (κ1) is 16.1. The van der Waals surface area contributed by atoms with Crippen molar-refractivity contribution in [3.63, 3.8) is 0 Å². The second kappa shape index (κ2) is 6.40. The van der Waals surface area contributed by atoms with Crippen molar-refractivity contribution in [2.45, 2.75) is 19.8 Å². The smallest absolute Gasteiger partial charge is 0.200 e. The number of hydrogen-bond acceptors (Lipinski definition) is 4. The summed E-state index contributed by atoms with van der Waals surface area (Å²) < 4.78 is 16.3. The van der Waals surface area contributed by atoms with Gasteiger partial charge in [0, 0.05) is 0 Å². The maximum Gasteiger partial charge on any atom is 0.200 e. The van der Waals surface area contributed by atoms with Crippen molar-refractivity contribution in [3.8, 4) is 22.6 Å². The van der Waals surface area contributed by atoms with Crippen LogP contribution in [-0.2, 0) is 0 Å². The molecule has 124 valence electrons. The van der Waals surface area contributed by atoms with Crippen LogP contribution < -0.4 is 14.9 Å². The molecule has 0 atom stereocenters. The molecule has 2 aromatic carbocycles. The van der Waals surface area contributed by atoms with E-state index in [1.54, 1.807) is 26.4 Å². The first-order chi connectivity index (χ1) is 11.5. The van der Waals surface area contributed by atoms with Gasteiger partial charge in [0.15, 0.2) is 16.9 Å². The second-order valence-corrected chi connectivity index (χ2v) is 5.96. The standard InChI is InChI=1S/C20H20O4/c1-12(2)13-5-7-15-18(9-13)24-11-16(20(15)21)14-6-8-17(22-3)19(10-14)23-4/h5-12H,1-4H3. The molecule has 0 N–H and O–H groups in total. The summed E-state index contributed by atoms with van der Waals surface area (Å²) in [5.41, 5.74) is 2.93. The summed E-state index contributed by atoms with van der Waals surface area (Å²) in [4.78, 5) is 12.8. The van der Waals surface area contributed by atoms with Gasteiger partial charge in [0.25, 0.3) is 0 Å². The minimum Gasteiger partial charge on any atom is -0.493 e. The van der Waals surface area contributed by atoms with E-state index in [0.29, 0.717) is 33.9 Å². The van der Waals surface area contributed by atoms with Gasteiger partial charge in [-0.2, -0.15) is 0 Å². The van der Waals surface area contributed by atoms with Crippen molar-refractivity contribution in [2.75, 3.05) is 14.2 Å². The molecule has 0 unspecified atom stereocenters. The summed E-state index contributed by atoms with van der Waals surface area (Å²) in [6.07, 6.45) is 1.51. The summed E-state index contributed by atoms with van der Waals surface area (Å²) in [6, 6.07) is 11.1. The molecule has 0 bridgehead atoms. The maximum absolute atomic E-state index is 12.8. The van der Waals surface area contributed by atoms with E-state index in [9.17, 15) is 4.79 Å². The van der Waals surface area contributed by atoms with Crippen LogP contribution in [0.3, 0.4) is 0 Å². The van der Waals surface area contributed by atoms with Gasteiger partial charge in [0.05, 0.1) is 25.2 Å². The lowest BCUT2D eigenvalue weighted by atomic mass is 10.00. The van der Waals surface area contributed by atoms with Crippen LogP contribution in [0.4, 0.5) is 0 Å². The van der Waals surface area contributed by atoms with Gasteiger partial charge >= 0.3 is 0 Å². The predicted molar refractivity (Wildman–Crippen MR) is 95.1 cm³/mol. The van der Waals surface area contributed by atoms with E-state index < -0.39 is 0 Å². The van der Waals surface area contributed by atoms with Gasteiger partial charge < -0.3 is 13.9 Å². The summed E-state index contributed by atoms with van der Waals surface area (Å²) >= 11 is 0. The van der Waals surface area contributed by atoms with Crippen molar-refractivity contribution in [3.05, 3.63) is 58.4 Å². The first-order valence-electron chi connectivity index (χ1n) is 7.83. The van der Waals surface area contributed by atoms with E-state index in [2.05, 4.69) is 13.8 Å². The molecule has 0 fully saturated rings. The summed E-state index contributed by atoms with van der Waals surface area (Å²) in [5, 5.41) is 0.576. The fourth-order valence-electron chi connectivity index (χ4n) is 2.71. The van der Waals surface area contributed by atoms with Crippen molar-refractivity contribution < 1.29 is 13.9 Å². The minimum atomic E-state index is -0.0567. The molecule has 0 saturated heterocycles. The molecular weight excluding hydrogens is 304 g/mol. The highest BCUT2D eigenvalue weighted by molar-refractivity contribution is 5.82. The third-order valence-corrected chi connectivity index (χ3v) is 4.16. The largest absolute Gasteiger partial charge is 0.493 e. The zero-order valence-corrected chi connectivity index (χ0v) is 14.3. The Morgan fingerprint density at radius 2 is 1.71 bits per heavy atom. The molecule has 24 heavy (non-hydrogen) atoms. The highest BCUT2D eigenvalue weighted by atomic mass is 16.5. The Kier molecular flexibility index (Phi) is 4.30. The fourth-order valence-corrected chi connectivity index (χ4v) is 2.71. The van der Waals surface area contributed by atoms with Crippen LogP contribution in [-0.4, -0.2) is 14.2 Å². The van der Waals surface area contributed by atoms with E-state index in [1.807, 2.05) is 24.3 Å². The average Bonchev–Trinajstić information content (AvgIpc) is 2.61. The third-order valence-electron chi connectivity index (χ3n) is 4.16. The van der Waals surface area contributed by atoms with E-state index in [1.165, 1.54) is 6.26 Å². The van der Waals surface area contributed by atoms with Crippen LogP contribution in [0, 0.1) is 0 Å². The highest BCUT2D eigenvalue weighted by Gasteiger charge is 2.13. The van der Waals surface area contributed by atoms with Crippen molar-refractivity contribution in [1.29, 1.82) is 0 Å². The number of rotatable bonds is 4. The van der Waals surface area contributed by atoms with E-state index >= 15 is 0 Å². The number of fused-ring (bicyclic) bond motifs is 1. The number of ether oxygens (including phenoxy) is 2. The third kappa shape index (κ3) is 2.75. The minimum absolute atomic E-state index is 0.0567. The van der Waals surface area contributed by atoms with Crippen LogP contribution in [0.5, 0.6) is 11.5 Å². The molecule has 0 saturated carbocycles. The molecule has 3 rings (SSSR count). The Morgan fingerprint density at radius 3 is 2.38 bits per heavy atom. The number of hydrogen-bond donors (Lipinski definition) is 0. The van der Waals surface area contributed by atoms with Crippen molar-refractivity contribution in [1.82, 2.24) is 0 Å². The lowest BCUT2D eigenvalue weighted by Gasteiger charge is -2.10. The maximum atomic E-state index is 12.8. The average molecular weight is 324 g/mol. The molecule has 0 amide bonds. The van der Waals surface area contributed by atoms with Crippen molar-refractivity contribution >= 4 is 11.0 Å². The van der Waals surface area contributed by atoms with E-state index in [4.69, 9.17) is 13.9 Å². The van der Waals surface area contributed by atoms with Crippen LogP contribution in [0.25, 0.3) is 22.1 Å². The molecule has 0 aliphatic rings. The molecule has 0 spiro atoms. The normalized spacial score (nSPS) is 11.0. The van der Waals surface area contributed by atoms with Gasteiger partial charge in [-0.25, -0.2) is 0 Å². The molecule has 0 aliphatic heterocycles. The first-order valence-corrected chi connectivity index (χ1v) is 7.83. The van der Waals surface area contributed by atoms with Gasteiger partial charge in [0.1, 0.15) is 11.8 Å². The SMILES string of the molecule is COc1ccc(-c2coc3cc(C(C)C)ccc3c2=O)cc1OC. The monoisotopic (exact) mass is 324 g/mol. The van der Waals surface area contributed by atoms with Crippen LogP contribution in [0.1, 0.15) is 25.3 Å². The molecule has 3 aromatic rings. The Balaban J connectivity index is 2.16. The van der Waals surface area contributed by atoms with Crippen LogP contribution in [0.15, 0.2) is 51.9 Å². The van der Waals surface area contributed by atoms with Crippen LogP contribution in [0.2, 0.25) is 0 Å². The lowest BCUT2D eigenvalue weighted by Crippen LogP contribution is -2.05. The molecular formula is C20H20O4. The molecule has 1 heterocycles. The zero-order valence-electron chi connectivity index (χ0n) is 14.3. The Labute approximate surface area is 140 Å². The summed E-state index contributed by atoms with van der Waals surface area (Å²) in [7, 11) is 3.15. The quantitative estimate of drug-likeness (QED) is 0.703. The lowest BCUT2D eigenvalue weighted by molar-refractivity contribution is 0.355. The number of methoxy groups -OCH3 is 2. The predicted octanol–water partition coefficient (Wildman–Crippen LogP) is 4.60. The van der Waals surface area contributed by atoms with Gasteiger partial charge in [-0.15, -0.1) is 0 Å².